The molecule has 0 amide bonds. The number of nitrogen functional groups attached to an aromatic ring is 1. The molecule has 110 valence electrons. The lowest BCUT2D eigenvalue weighted by Crippen LogP contribution is -2.33. The van der Waals surface area contributed by atoms with E-state index in [0.29, 0.717) is 6.04 Å². The summed E-state index contributed by atoms with van der Waals surface area (Å²) in [6.07, 6.45) is 1.03. The van der Waals surface area contributed by atoms with Crippen molar-refractivity contribution < 1.29 is 4.74 Å². The van der Waals surface area contributed by atoms with Crippen molar-refractivity contribution in [3.63, 3.8) is 0 Å². The van der Waals surface area contributed by atoms with Gasteiger partial charge in [-0.3, -0.25) is 4.90 Å². The molecular formula is C18H22N2O. The Kier molecular flexibility index (Phi) is 3.84. The van der Waals surface area contributed by atoms with Crippen molar-refractivity contribution in [2.45, 2.75) is 25.9 Å². The monoisotopic (exact) mass is 282 g/mol. The average molecular weight is 282 g/mol. The van der Waals surface area contributed by atoms with Gasteiger partial charge in [0.05, 0.1) is 7.11 Å². The highest BCUT2D eigenvalue weighted by molar-refractivity contribution is 5.52. The summed E-state index contributed by atoms with van der Waals surface area (Å²) in [6, 6.07) is 15.0. The van der Waals surface area contributed by atoms with Crippen molar-refractivity contribution in [1.82, 2.24) is 4.90 Å². The number of methoxy groups -OCH3 is 1. The predicted molar refractivity (Wildman–Crippen MR) is 86.4 cm³/mol. The van der Waals surface area contributed by atoms with Gasteiger partial charge in [-0.15, -0.1) is 0 Å². The van der Waals surface area contributed by atoms with Crippen molar-refractivity contribution in [3.05, 3.63) is 59.2 Å². The highest BCUT2D eigenvalue weighted by Crippen LogP contribution is 2.30. The lowest BCUT2D eigenvalue weighted by molar-refractivity contribution is 0.192. The van der Waals surface area contributed by atoms with Crippen molar-refractivity contribution >= 4 is 5.69 Å². The van der Waals surface area contributed by atoms with Crippen LogP contribution >= 0.6 is 0 Å². The van der Waals surface area contributed by atoms with Gasteiger partial charge in [0.15, 0.2) is 0 Å². The number of hydrogen-bond acceptors (Lipinski definition) is 3. The Morgan fingerprint density at radius 2 is 1.90 bits per heavy atom. The zero-order valence-electron chi connectivity index (χ0n) is 12.7. The first-order valence-corrected chi connectivity index (χ1v) is 7.43. The largest absolute Gasteiger partial charge is 0.497 e. The first-order chi connectivity index (χ1) is 10.2. The Labute approximate surface area is 126 Å². The molecule has 1 heterocycles. The highest BCUT2D eigenvalue weighted by Gasteiger charge is 2.22. The van der Waals surface area contributed by atoms with Gasteiger partial charge in [0.1, 0.15) is 5.75 Å². The summed E-state index contributed by atoms with van der Waals surface area (Å²) in [5, 5.41) is 0. The molecule has 1 unspecified atom stereocenters. The Balaban J connectivity index is 1.78. The fraction of sp³-hybridized carbons (Fsp3) is 0.333. The normalized spacial score (nSPS) is 16.3. The van der Waals surface area contributed by atoms with Gasteiger partial charge in [-0.1, -0.05) is 24.3 Å². The van der Waals surface area contributed by atoms with E-state index in [1.165, 1.54) is 16.7 Å². The molecule has 0 saturated heterocycles. The molecule has 0 radical (unpaired) electrons. The molecule has 2 aromatic carbocycles. The Hall–Kier alpha value is -2.00. The van der Waals surface area contributed by atoms with E-state index in [-0.39, 0.29) is 0 Å². The van der Waals surface area contributed by atoms with E-state index in [4.69, 9.17) is 10.5 Å². The number of rotatable bonds is 3. The van der Waals surface area contributed by atoms with Crippen LogP contribution in [0.5, 0.6) is 5.75 Å². The van der Waals surface area contributed by atoms with Crippen molar-refractivity contribution in [1.29, 1.82) is 0 Å². The summed E-state index contributed by atoms with van der Waals surface area (Å²) in [5.74, 6) is 0.905. The van der Waals surface area contributed by atoms with Crippen LogP contribution in [-0.2, 0) is 13.0 Å². The van der Waals surface area contributed by atoms with Gasteiger partial charge in [0, 0.05) is 24.8 Å². The SMILES string of the molecule is COc1ccc(C(C)N2CCc3c(N)cccc3C2)cc1. The van der Waals surface area contributed by atoms with E-state index in [0.717, 1.165) is 30.9 Å². The Morgan fingerprint density at radius 3 is 2.62 bits per heavy atom. The fourth-order valence-corrected chi connectivity index (χ4v) is 3.08. The maximum absolute atomic E-state index is 6.07. The van der Waals surface area contributed by atoms with Crippen molar-refractivity contribution in [2.75, 3.05) is 19.4 Å². The molecule has 0 aromatic heterocycles. The lowest BCUT2D eigenvalue weighted by Gasteiger charge is -2.34. The third kappa shape index (κ3) is 2.74. The van der Waals surface area contributed by atoms with Gasteiger partial charge in [-0.25, -0.2) is 0 Å². The molecule has 2 N–H and O–H groups in total. The number of nitrogens with zero attached hydrogens (tertiary/aromatic N) is 1. The number of nitrogens with two attached hydrogens (primary N) is 1. The van der Waals surface area contributed by atoms with Crippen LogP contribution in [0.2, 0.25) is 0 Å². The standard InChI is InChI=1S/C18H22N2O/c1-13(14-6-8-16(21-2)9-7-14)20-11-10-17-15(12-20)4-3-5-18(17)19/h3-9,13H,10-12,19H2,1-2H3. The molecule has 3 heteroatoms. The zero-order chi connectivity index (χ0) is 14.8. The number of hydrogen-bond donors (Lipinski definition) is 1. The second kappa shape index (κ2) is 5.78. The number of ether oxygens (including phenoxy) is 1. The first-order valence-electron chi connectivity index (χ1n) is 7.43. The Morgan fingerprint density at radius 1 is 1.14 bits per heavy atom. The van der Waals surface area contributed by atoms with Crippen molar-refractivity contribution in [3.8, 4) is 5.75 Å². The molecule has 2 aromatic rings. The average Bonchev–Trinajstić information content (AvgIpc) is 2.54. The molecule has 0 bridgehead atoms. The van der Waals surface area contributed by atoms with Crippen molar-refractivity contribution in [2.24, 2.45) is 0 Å². The van der Waals surface area contributed by atoms with E-state index < -0.39 is 0 Å². The quantitative estimate of drug-likeness (QED) is 0.877. The van der Waals surface area contributed by atoms with Gasteiger partial charge in [-0.2, -0.15) is 0 Å². The minimum absolute atomic E-state index is 0.394. The van der Waals surface area contributed by atoms with Gasteiger partial charge >= 0.3 is 0 Å². The molecular weight excluding hydrogens is 260 g/mol. The van der Waals surface area contributed by atoms with Crippen LogP contribution in [0.15, 0.2) is 42.5 Å². The van der Waals surface area contributed by atoms with Crippen LogP contribution < -0.4 is 10.5 Å². The smallest absolute Gasteiger partial charge is 0.118 e. The summed E-state index contributed by atoms with van der Waals surface area (Å²) in [7, 11) is 1.70. The maximum atomic E-state index is 6.07. The summed E-state index contributed by atoms with van der Waals surface area (Å²) < 4.78 is 5.23. The lowest BCUT2D eigenvalue weighted by atomic mass is 9.95. The molecule has 0 fully saturated rings. The molecule has 0 saturated carbocycles. The van der Waals surface area contributed by atoms with Gasteiger partial charge in [-0.05, 0) is 48.2 Å². The molecule has 1 atom stereocenters. The number of benzene rings is 2. The topological polar surface area (TPSA) is 38.5 Å². The third-order valence-electron chi connectivity index (χ3n) is 4.48. The minimum Gasteiger partial charge on any atom is -0.497 e. The fourth-order valence-electron chi connectivity index (χ4n) is 3.08. The summed E-state index contributed by atoms with van der Waals surface area (Å²) >= 11 is 0. The zero-order valence-corrected chi connectivity index (χ0v) is 12.7. The van der Waals surface area contributed by atoms with E-state index in [1.54, 1.807) is 7.11 Å². The highest BCUT2D eigenvalue weighted by atomic mass is 16.5. The van der Waals surface area contributed by atoms with E-state index in [1.807, 2.05) is 18.2 Å². The molecule has 0 aliphatic carbocycles. The molecule has 21 heavy (non-hydrogen) atoms. The van der Waals surface area contributed by atoms with E-state index in [2.05, 4.69) is 36.1 Å². The molecule has 3 nitrogen and oxygen atoms in total. The third-order valence-corrected chi connectivity index (χ3v) is 4.48. The second-order valence-corrected chi connectivity index (χ2v) is 5.65. The van der Waals surface area contributed by atoms with Gasteiger partial charge in [0.25, 0.3) is 0 Å². The minimum atomic E-state index is 0.394. The number of fused-ring (bicyclic) bond motifs is 1. The van der Waals surface area contributed by atoms with Crippen LogP contribution in [0.3, 0.4) is 0 Å². The summed E-state index contributed by atoms with van der Waals surface area (Å²) in [6.45, 7) is 4.28. The molecule has 1 aliphatic heterocycles. The van der Waals surface area contributed by atoms with Crippen LogP contribution in [0, 0.1) is 0 Å². The molecule has 3 rings (SSSR count). The predicted octanol–water partition coefficient (Wildman–Crippen LogP) is 3.40. The van der Waals surface area contributed by atoms with Crippen LogP contribution in [-0.4, -0.2) is 18.6 Å². The summed E-state index contributed by atoms with van der Waals surface area (Å²) in [5.41, 5.74) is 11.0. The maximum Gasteiger partial charge on any atom is 0.118 e. The molecule has 1 aliphatic rings. The Bertz CT molecular complexity index is 622. The van der Waals surface area contributed by atoms with Crippen LogP contribution in [0.1, 0.15) is 29.7 Å². The number of anilines is 1. The van der Waals surface area contributed by atoms with E-state index in [9.17, 15) is 0 Å². The summed E-state index contributed by atoms with van der Waals surface area (Å²) in [4.78, 5) is 2.50. The second-order valence-electron chi connectivity index (χ2n) is 5.65. The van der Waals surface area contributed by atoms with Crippen LogP contribution in [0.4, 0.5) is 5.69 Å². The van der Waals surface area contributed by atoms with Gasteiger partial charge < -0.3 is 10.5 Å². The van der Waals surface area contributed by atoms with E-state index >= 15 is 0 Å². The van der Waals surface area contributed by atoms with Gasteiger partial charge in [0.2, 0.25) is 0 Å². The molecule has 0 spiro atoms. The first kappa shape index (κ1) is 14.0. The van der Waals surface area contributed by atoms with Crippen LogP contribution in [0.25, 0.3) is 0 Å².